The fraction of sp³-hybridized carbons (Fsp3) is 0.500. The third kappa shape index (κ3) is 4.41. The van der Waals surface area contributed by atoms with Gasteiger partial charge < -0.3 is 19.9 Å². The van der Waals surface area contributed by atoms with Crippen molar-refractivity contribution >= 4 is 11.9 Å². The standard InChI is InChI=1S/C16H20FNO5/c1-11-2-3-12(17)13(8-11)23-9-14(19)18-10-16(15(20)21)4-6-22-7-5-16/h2-3,8H,4-7,9-10H2,1H3,(H,18,19)(H,20,21). The van der Waals surface area contributed by atoms with Gasteiger partial charge in [0.15, 0.2) is 18.2 Å². The Balaban J connectivity index is 1.87. The van der Waals surface area contributed by atoms with Gasteiger partial charge in [0.05, 0.1) is 5.41 Å². The summed E-state index contributed by atoms with van der Waals surface area (Å²) < 4.78 is 23.8. The quantitative estimate of drug-likeness (QED) is 0.828. The van der Waals surface area contributed by atoms with Crippen LogP contribution in [0.4, 0.5) is 4.39 Å². The van der Waals surface area contributed by atoms with Gasteiger partial charge in [-0.3, -0.25) is 9.59 Å². The molecule has 6 nitrogen and oxygen atoms in total. The molecule has 23 heavy (non-hydrogen) atoms. The highest BCUT2D eigenvalue weighted by Gasteiger charge is 2.40. The first kappa shape index (κ1) is 17.2. The molecule has 1 saturated heterocycles. The van der Waals surface area contributed by atoms with E-state index in [9.17, 15) is 19.1 Å². The normalized spacial score (nSPS) is 16.6. The first-order chi connectivity index (χ1) is 10.9. The number of carboxylic acids is 1. The van der Waals surface area contributed by atoms with Crippen LogP contribution in [0.1, 0.15) is 18.4 Å². The highest BCUT2D eigenvalue weighted by molar-refractivity contribution is 5.80. The zero-order chi connectivity index (χ0) is 16.9. The minimum Gasteiger partial charge on any atom is -0.481 e. The van der Waals surface area contributed by atoms with E-state index in [1.165, 1.54) is 12.1 Å². The Morgan fingerprint density at radius 3 is 2.74 bits per heavy atom. The number of aryl methyl sites for hydroxylation is 1. The molecule has 2 N–H and O–H groups in total. The van der Waals surface area contributed by atoms with Crippen molar-refractivity contribution in [2.24, 2.45) is 5.41 Å². The van der Waals surface area contributed by atoms with Crippen LogP contribution in [0.15, 0.2) is 18.2 Å². The average molecular weight is 325 g/mol. The molecule has 0 aliphatic carbocycles. The number of nitrogens with one attached hydrogen (secondary N) is 1. The molecular weight excluding hydrogens is 305 g/mol. The highest BCUT2D eigenvalue weighted by atomic mass is 19.1. The Hall–Kier alpha value is -2.15. The summed E-state index contributed by atoms with van der Waals surface area (Å²) in [7, 11) is 0. The van der Waals surface area contributed by atoms with E-state index < -0.39 is 23.1 Å². The van der Waals surface area contributed by atoms with E-state index in [1.54, 1.807) is 13.0 Å². The van der Waals surface area contributed by atoms with E-state index in [0.29, 0.717) is 26.1 Å². The van der Waals surface area contributed by atoms with Gasteiger partial charge in [0.25, 0.3) is 5.91 Å². The van der Waals surface area contributed by atoms with Crippen molar-refractivity contribution in [3.63, 3.8) is 0 Å². The molecule has 0 radical (unpaired) electrons. The molecule has 0 unspecified atom stereocenters. The largest absolute Gasteiger partial charge is 0.481 e. The van der Waals surface area contributed by atoms with Gasteiger partial charge in [-0.2, -0.15) is 0 Å². The number of halogens is 1. The molecule has 0 bridgehead atoms. The lowest BCUT2D eigenvalue weighted by Gasteiger charge is -2.33. The molecular formula is C16H20FNO5. The third-order valence-corrected chi connectivity index (χ3v) is 3.97. The first-order valence-corrected chi connectivity index (χ1v) is 7.40. The maximum atomic E-state index is 13.5. The van der Waals surface area contributed by atoms with Gasteiger partial charge in [-0.25, -0.2) is 4.39 Å². The summed E-state index contributed by atoms with van der Waals surface area (Å²) in [5.74, 6) is -1.99. The van der Waals surface area contributed by atoms with Crippen molar-refractivity contribution < 1.29 is 28.6 Å². The predicted molar refractivity (Wildman–Crippen MR) is 79.8 cm³/mol. The summed E-state index contributed by atoms with van der Waals surface area (Å²) in [4.78, 5) is 23.3. The van der Waals surface area contributed by atoms with Crippen LogP contribution in [0.5, 0.6) is 5.75 Å². The second kappa shape index (κ2) is 7.41. The van der Waals surface area contributed by atoms with Crippen molar-refractivity contribution in [1.29, 1.82) is 0 Å². The van der Waals surface area contributed by atoms with Gasteiger partial charge in [0.1, 0.15) is 0 Å². The molecule has 1 heterocycles. The number of amides is 1. The van der Waals surface area contributed by atoms with E-state index in [-0.39, 0.29) is 18.9 Å². The molecule has 1 aliphatic rings. The van der Waals surface area contributed by atoms with Crippen molar-refractivity contribution in [2.75, 3.05) is 26.4 Å². The number of rotatable bonds is 6. The van der Waals surface area contributed by atoms with Crippen LogP contribution < -0.4 is 10.1 Å². The Bertz CT molecular complexity index is 584. The van der Waals surface area contributed by atoms with Gasteiger partial charge in [0.2, 0.25) is 0 Å². The van der Waals surface area contributed by atoms with E-state index in [2.05, 4.69) is 5.32 Å². The Labute approximate surface area is 133 Å². The second-order valence-electron chi connectivity index (χ2n) is 5.70. The lowest BCUT2D eigenvalue weighted by molar-refractivity contribution is -0.154. The number of carbonyl (C=O) groups excluding carboxylic acids is 1. The summed E-state index contributed by atoms with van der Waals surface area (Å²) >= 11 is 0. The van der Waals surface area contributed by atoms with Crippen LogP contribution in [0.3, 0.4) is 0 Å². The van der Waals surface area contributed by atoms with Crippen molar-refractivity contribution in [1.82, 2.24) is 5.32 Å². The lowest BCUT2D eigenvalue weighted by Crippen LogP contribution is -2.47. The first-order valence-electron chi connectivity index (χ1n) is 7.40. The highest BCUT2D eigenvalue weighted by Crippen LogP contribution is 2.30. The summed E-state index contributed by atoms with van der Waals surface area (Å²) in [5.41, 5.74) is -0.198. The van der Waals surface area contributed by atoms with E-state index >= 15 is 0 Å². The topological polar surface area (TPSA) is 84.9 Å². The van der Waals surface area contributed by atoms with Crippen molar-refractivity contribution in [2.45, 2.75) is 19.8 Å². The van der Waals surface area contributed by atoms with Crippen LogP contribution in [0.25, 0.3) is 0 Å². The van der Waals surface area contributed by atoms with Crippen LogP contribution in [-0.2, 0) is 14.3 Å². The Kier molecular flexibility index (Phi) is 5.54. The molecule has 0 aromatic heterocycles. The molecule has 1 amide bonds. The molecule has 1 aliphatic heterocycles. The number of carbonyl (C=O) groups is 2. The number of ether oxygens (including phenoxy) is 2. The monoisotopic (exact) mass is 325 g/mol. The molecule has 7 heteroatoms. The zero-order valence-corrected chi connectivity index (χ0v) is 12.9. The molecule has 0 saturated carbocycles. The predicted octanol–water partition coefficient (Wildman–Crippen LogP) is 1.51. The van der Waals surface area contributed by atoms with Gasteiger partial charge in [0, 0.05) is 19.8 Å². The molecule has 2 rings (SSSR count). The minimum atomic E-state index is -1.01. The SMILES string of the molecule is Cc1ccc(F)c(OCC(=O)NCC2(C(=O)O)CCOCC2)c1. The van der Waals surface area contributed by atoms with Gasteiger partial charge in [-0.05, 0) is 37.5 Å². The molecule has 1 aromatic rings. The van der Waals surface area contributed by atoms with E-state index in [0.717, 1.165) is 5.56 Å². The summed E-state index contributed by atoms with van der Waals surface area (Å²) in [6.07, 6.45) is 0.686. The Morgan fingerprint density at radius 1 is 1.39 bits per heavy atom. The second-order valence-corrected chi connectivity index (χ2v) is 5.70. The lowest BCUT2D eigenvalue weighted by atomic mass is 9.80. The van der Waals surface area contributed by atoms with Crippen LogP contribution >= 0.6 is 0 Å². The minimum absolute atomic E-state index is 0.000774. The molecule has 126 valence electrons. The molecule has 0 spiro atoms. The molecule has 1 fully saturated rings. The summed E-state index contributed by atoms with van der Waals surface area (Å²) in [6.45, 7) is 2.13. The number of hydrogen-bond donors (Lipinski definition) is 2. The maximum Gasteiger partial charge on any atom is 0.311 e. The number of aliphatic carboxylic acids is 1. The van der Waals surface area contributed by atoms with E-state index in [4.69, 9.17) is 9.47 Å². The number of benzene rings is 1. The van der Waals surface area contributed by atoms with Crippen molar-refractivity contribution in [3.05, 3.63) is 29.6 Å². The zero-order valence-electron chi connectivity index (χ0n) is 12.9. The number of hydrogen-bond acceptors (Lipinski definition) is 4. The summed E-state index contributed by atoms with van der Waals surface area (Å²) in [6, 6.07) is 4.37. The average Bonchev–Trinajstić information content (AvgIpc) is 2.54. The summed E-state index contributed by atoms with van der Waals surface area (Å²) in [5, 5.41) is 11.9. The third-order valence-electron chi connectivity index (χ3n) is 3.97. The maximum absolute atomic E-state index is 13.5. The van der Waals surface area contributed by atoms with Crippen LogP contribution in [0.2, 0.25) is 0 Å². The fourth-order valence-electron chi connectivity index (χ4n) is 2.41. The van der Waals surface area contributed by atoms with Gasteiger partial charge in [-0.1, -0.05) is 6.07 Å². The van der Waals surface area contributed by atoms with Gasteiger partial charge in [-0.15, -0.1) is 0 Å². The van der Waals surface area contributed by atoms with Crippen LogP contribution in [0, 0.1) is 18.2 Å². The van der Waals surface area contributed by atoms with E-state index in [1.807, 2.05) is 0 Å². The van der Waals surface area contributed by atoms with Gasteiger partial charge >= 0.3 is 5.97 Å². The number of carboxylic acid groups (broad SMARTS) is 1. The molecule has 1 aromatic carbocycles. The molecule has 0 atom stereocenters. The van der Waals surface area contributed by atoms with Crippen LogP contribution in [-0.4, -0.2) is 43.3 Å². The van der Waals surface area contributed by atoms with Crippen molar-refractivity contribution in [3.8, 4) is 5.75 Å². The smallest absolute Gasteiger partial charge is 0.311 e. The Morgan fingerprint density at radius 2 is 2.09 bits per heavy atom. The fourth-order valence-corrected chi connectivity index (χ4v) is 2.41.